The first kappa shape index (κ1) is 10.1. The Labute approximate surface area is 81.5 Å². The van der Waals surface area contributed by atoms with E-state index < -0.39 is 0 Å². The van der Waals surface area contributed by atoms with E-state index in [-0.39, 0.29) is 11.8 Å². The molecule has 0 spiro atoms. The molecule has 1 amide bonds. The van der Waals surface area contributed by atoms with Crippen LogP contribution < -0.4 is 5.32 Å². The minimum atomic E-state index is 0.0289. The number of rotatable bonds is 3. The number of hydrogen-bond acceptors (Lipinski definition) is 4. The first-order valence-corrected chi connectivity index (χ1v) is 4.94. The second-order valence-corrected chi connectivity index (χ2v) is 3.99. The molecule has 0 saturated carbocycles. The smallest absolute Gasteiger partial charge is 0.222 e. The summed E-state index contributed by atoms with van der Waals surface area (Å²) in [7, 11) is 0. The van der Waals surface area contributed by atoms with Crippen LogP contribution in [0, 0.1) is 12.8 Å². The second-order valence-electron chi connectivity index (χ2n) is 3.15. The van der Waals surface area contributed by atoms with Crippen LogP contribution in [0.4, 0.5) is 0 Å². The third kappa shape index (κ3) is 2.77. The molecule has 1 aromatic heterocycles. The first-order chi connectivity index (χ1) is 6.11. The fourth-order valence-corrected chi connectivity index (χ4v) is 1.36. The predicted octanol–water partition coefficient (Wildman–Crippen LogP) is 1.12. The van der Waals surface area contributed by atoms with Crippen molar-refractivity contribution in [1.82, 2.24) is 14.9 Å². The lowest BCUT2D eigenvalue weighted by atomic mass is 10.2. The highest BCUT2D eigenvalue weighted by Crippen LogP contribution is 2.08. The highest BCUT2D eigenvalue weighted by molar-refractivity contribution is 7.05. The maximum absolute atomic E-state index is 11.2. The number of carbonyl (C=O) groups excluding carboxylic acids is 1. The quantitative estimate of drug-likeness (QED) is 0.793. The number of nitrogens with zero attached hydrogens (tertiary/aromatic N) is 2. The molecule has 1 heterocycles. The molecule has 0 radical (unpaired) electrons. The lowest BCUT2D eigenvalue weighted by Gasteiger charge is -2.05. The van der Waals surface area contributed by atoms with Gasteiger partial charge in [-0.1, -0.05) is 18.3 Å². The van der Waals surface area contributed by atoms with Crippen LogP contribution in [0.5, 0.6) is 0 Å². The summed E-state index contributed by atoms with van der Waals surface area (Å²) < 4.78 is 3.78. The fraction of sp³-hybridized carbons (Fsp3) is 0.625. The van der Waals surface area contributed by atoms with Crippen LogP contribution in [0.25, 0.3) is 0 Å². The lowest BCUT2D eigenvalue weighted by molar-refractivity contribution is -0.124. The number of aryl methyl sites for hydroxylation is 1. The molecule has 1 N–H and O–H groups in total. The van der Waals surface area contributed by atoms with Gasteiger partial charge in [-0.25, -0.2) is 0 Å². The summed E-state index contributed by atoms with van der Waals surface area (Å²) in [6.07, 6.45) is 0. The third-order valence-electron chi connectivity index (χ3n) is 1.69. The Morgan fingerprint density at radius 1 is 1.62 bits per heavy atom. The largest absolute Gasteiger partial charge is 0.351 e. The van der Waals surface area contributed by atoms with Crippen molar-refractivity contribution >= 4 is 17.4 Å². The van der Waals surface area contributed by atoms with E-state index in [1.165, 1.54) is 11.5 Å². The second kappa shape index (κ2) is 4.32. The van der Waals surface area contributed by atoms with Gasteiger partial charge in [0.05, 0.1) is 17.1 Å². The van der Waals surface area contributed by atoms with Crippen molar-refractivity contribution < 1.29 is 4.79 Å². The maximum atomic E-state index is 11.2. The molecule has 72 valence electrons. The van der Waals surface area contributed by atoms with Crippen LogP contribution in [0.3, 0.4) is 0 Å². The van der Waals surface area contributed by atoms with Crippen LogP contribution >= 0.6 is 11.5 Å². The van der Waals surface area contributed by atoms with Crippen molar-refractivity contribution in [3.63, 3.8) is 0 Å². The average molecular weight is 199 g/mol. The Morgan fingerprint density at radius 3 is 2.77 bits per heavy atom. The summed E-state index contributed by atoms with van der Waals surface area (Å²) in [5, 5.41) is 6.67. The molecule has 13 heavy (non-hydrogen) atoms. The molecule has 4 nitrogen and oxygen atoms in total. The van der Waals surface area contributed by atoms with Gasteiger partial charge in [0.2, 0.25) is 5.91 Å². The summed E-state index contributed by atoms with van der Waals surface area (Å²) in [4.78, 5) is 12.2. The molecule has 0 aliphatic carbocycles. The molecule has 0 aliphatic rings. The van der Waals surface area contributed by atoms with E-state index in [1.54, 1.807) is 0 Å². The minimum Gasteiger partial charge on any atom is -0.351 e. The van der Waals surface area contributed by atoms with Gasteiger partial charge in [-0.05, 0) is 18.5 Å². The van der Waals surface area contributed by atoms with Gasteiger partial charge in [0, 0.05) is 5.92 Å². The SMILES string of the molecule is Cc1nnsc1CNC(=O)C(C)C. The fourth-order valence-electron chi connectivity index (χ4n) is 0.784. The first-order valence-electron chi connectivity index (χ1n) is 4.16. The molecule has 0 unspecified atom stereocenters. The van der Waals surface area contributed by atoms with Crippen molar-refractivity contribution in [1.29, 1.82) is 0 Å². The zero-order valence-corrected chi connectivity index (χ0v) is 8.81. The van der Waals surface area contributed by atoms with E-state index in [1.807, 2.05) is 20.8 Å². The van der Waals surface area contributed by atoms with E-state index in [2.05, 4.69) is 14.9 Å². The summed E-state index contributed by atoms with van der Waals surface area (Å²) >= 11 is 1.33. The van der Waals surface area contributed by atoms with Crippen LogP contribution in [0.2, 0.25) is 0 Å². The predicted molar refractivity (Wildman–Crippen MR) is 51.3 cm³/mol. The van der Waals surface area contributed by atoms with Crippen molar-refractivity contribution in [3.05, 3.63) is 10.6 Å². The number of hydrogen-bond donors (Lipinski definition) is 1. The summed E-state index contributed by atoms with van der Waals surface area (Å²) in [6, 6.07) is 0. The van der Waals surface area contributed by atoms with Crippen molar-refractivity contribution in [3.8, 4) is 0 Å². The minimum absolute atomic E-state index is 0.0289. The zero-order valence-electron chi connectivity index (χ0n) is 8.00. The van der Waals surface area contributed by atoms with Crippen LogP contribution in [0.1, 0.15) is 24.4 Å². The zero-order chi connectivity index (χ0) is 9.84. The summed E-state index contributed by atoms with van der Waals surface area (Å²) in [5.41, 5.74) is 0.897. The lowest BCUT2D eigenvalue weighted by Crippen LogP contribution is -2.26. The average Bonchev–Trinajstić information content (AvgIpc) is 2.47. The van der Waals surface area contributed by atoms with Crippen LogP contribution in [-0.2, 0) is 11.3 Å². The van der Waals surface area contributed by atoms with Gasteiger partial charge in [-0.2, -0.15) is 0 Å². The third-order valence-corrected chi connectivity index (χ3v) is 2.52. The highest BCUT2D eigenvalue weighted by atomic mass is 32.1. The molecule has 5 heteroatoms. The van der Waals surface area contributed by atoms with Crippen molar-refractivity contribution in [2.75, 3.05) is 0 Å². The Morgan fingerprint density at radius 2 is 2.31 bits per heavy atom. The van der Waals surface area contributed by atoms with Gasteiger partial charge in [-0.15, -0.1) is 5.10 Å². The maximum Gasteiger partial charge on any atom is 0.222 e. The number of amides is 1. The van der Waals surface area contributed by atoms with Gasteiger partial charge >= 0.3 is 0 Å². The Hall–Kier alpha value is -0.970. The molecule has 0 aromatic carbocycles. The van der Waals surface area contributed by atoms with Crippen LogP contribution in [-0.4, -0.2) is 15.5 Å². The molecule has 0 fully saturated rings. The van der Waals surface area contributed by atoms with E-state index in [9.17, 15) is 4.79 Å². The Kier molecular flexibility index (Phi) is 3.36. The Bertz CT molecular complexity index is 295. The molecule has 1 rings (SSSR count). The molecule has 0 atom stereocenters. The van der Waals surface area contributed by atoms with Gasteiger partial charge in [0.25, 0.3) is 0 Å². The summed E-state index contributed by atoms with van der Waals surface area (Å²) in [6.45, 7) is 6.17. The molecule has 1 aromatic rings. The van der Waals surface area contributed by atoms with E-state index in [4.69, 9.17) is 0 Å². The number of aromatic nitrogens is 2. The molecule has 0 bridgehead atoms. The number of nitrogens with one attached hydrogen (secondary N) is 1. The van der Waals surface area contributed by atoms with Crippen molar-refractivity contribution in [2.24, 2.45) is 5.92 Å². The molecule has 0 saturated heterocycles. The Balaban J connectivity index is 2.44. The van der Waals surface area contributed by atoms with E-state index >= 15 is 0 Å². The van der Waals surface area contributed by atoms with Crippen LogP contribution in [0.15, 0.2) is 0 Å². The topological polar surface area (TPSA) is 54.9 Å². The monoisotopic (exact) mass is 199 g/mol. The van der Waals surface area contributed by atoms with Gasteiger partial charge in [-0.3, -0.25) is 4.79 Å². The van der Waals surface area contributed by atoms with Gasteiger partial charge in [0.15, 0.2) is 0 Å². The van der Waals surface area contributed by atoms with Crippen molar-refractivity contribution in [2.45, 2.75) is 27.3 Å². The van der Waals surface area contributed by atoms with Gasteiger partial charge < -0.3 is 5.32 Å². The van der Waals surface area contributed by atoms with E-state index in [0.717, 1.165) is 10.6 Å². The van der Waals surface area contributed by atoms with Gasteiger partial charge in [0.1, 0.15) is 0 Å². The summed E-state index contributed by atoms with van der Waals surface area (Å²) in [5.74, 6) is 0.0917. The standard InChI is InChI=1S/C8H13N3OS/c1-5(2)8(12)9-4-7-6(3)10-11-13-7/h5H,4H2,1-3H3,(H,9,12). The molecular formula is C8H13N3OS. The normalized spacial score (nSPS) is 10.5. The highest BCUT2D eigenvalue weighted by Gasteiger charge is 2.08. The molecule has 0 aliphatic heterocycles. The van der Waals surface area contributed by atoms with E-state index in [0.29, 0.717) is 6.54 Å². The number of carbonyl (C=O) groups is 1. The molecular weight excluding hydrogens is 186 g/mol.